The van der Waals surface area contributed by atoms with Gasteiger partial charge in [0.1, 0.15) is 6.10 Å². The molecule has 1 amide bonds. The first-order valence-electron chi connectivity index (χ1n) is 13.1. The lowest BCUT2D eigenvalue weighted by Crippen LogP contribution is -2.78. The number of nitrogens with zero attached hydrogens (tertiary/aromatic N) is 3. The van der Waals surface area contributed by atoms with Crippen molar-refractivity contribution >= 4 is 5.91 Å². The van der Waals surface area contributed by atoms with Gasteiger partial charge in [0.15, 0.2) is 11.5 Å². The summed E-state index contributed by atoms with van der Waals surface area (Å²) in [5, 5.41) is 23.4. The van der Waals surface area contributed by atoms with E-state index in [2.05, 4.69) is 9.88 Å². The number of likely N-dealkylation sites (tertiary alicyclic amines) is 1. The van der Waals surface area contributed by atoms with Crippen molar-refractivity contribution in [2.75, 3.05) is 20.1 Å². The normalized spacial score (nSPS) is 34.7. The van der Waals surface area contributed by atoms with Crippen LogP contribution in [0.2, 0.25) is 0 Å². The Bertz CT molecular complexity index is 1180. The molecule has 0 radical (unpaired) electrons. The molecule has 7 heteroatoms. The number of benzene rings is 1. The molecule has 2 bridgehead atoms. The molecule has 184 valence electrons. The number of phenolic OH excluding ortho intramolecular Hbond substituents is 1. The summed E-state index contributed by atoms with van der Waals surface area (Å²) >= 11 is 0. The minimum Gasteiger partial charge on any atom is -0.504 e. The second-order valence-electron chi connectivity index (χ2n) is 11.4. The molecule has 3 fully saturated rings. The van der Waals surface area contributed by atoms with Gasteiger partial charge in [-0.15, -0.1) is 0 Å². The highest BCUT2D eigenvalue weighted by atomic mass is 16.5. The third kappa shape index (κ3) is 2.91. The number of aliphatic hydroxyl groups is 1. The molecule has 5 atom stereocenters. The molecule has 2 N–H and O–H groups in total. The number of hydrogen-bond donors (Lipinski definition) is 2. The Labute approximate surface area is 205 Å². The molecule has 7 nitrogen and oxygen atoms in total. The van der Waals surface area contributed by atoms with Gasteiger partial charge in [0.2, 0.25) is 5.91 Å². The van der Waals surface area contributed by atoms with E-state index >= 15 is 0 Å². The van der Waals surface area contributed by atoms with Crippen LogP contribution in [0.1, 0.15) is 48.8 Å². The van der Waals surface area contributed by atoms with Crippen LogP contribution in [0.5, 0.6) is 11.5 Å². The molecule has 35 heavy (non-hydrogen) atoms. The first-order valence-corrected chi connectivity index (χ1v) is 13.1. The summed E-state index contributed by atoms with van der Waals surface area (Å²) in [7, 11) is 1.87. The highest BCUT2D eigenvalue weighted by Crippen LogP contribution is 2.66. The smallest absolute Gasteiger partial charge is 0.227 e. The zero-order chi connectivity index (χ0) is 23.9. The predicted molar refractivity (Wildman–Crippen MR) is 129 cm³/mol. The topological polar surface area (TPSA) is 86.1 Å². The minimum absolute atomic E-state index is 0.0329. The fourth-order valence-electron chi connectivity index (χ4n) is 7.84. The number of carbonyl (C=O) groups excluding carboxylic acids is 1. The van der Waals surface area contributed by atoms with Gasteiger partial charge < -0.3 is 19.8 Å². The first kappa shape index (κ1) is 21.6. The predicted octanol–water partition coefficient (Wildman–Crippen LogP) is 2.42. The number of hydrogen-bond acceptors (Lipinski definition) is 6. The Morgan fingerprint density at radius 2 is 2.00 bits per heavy atom. The zero-order valence-electron chi connectivity index (χ0n) is 20.2. The standard InChI is InChI=1S/C28H33N3O4/c1-30(23(33)14-17-7-11-29-12-8-17)20-6-9-28(34)22-15-19-4-5-21(32)25-24(19)27(28,26(20)35-25)10-13-31(22)16-18-2-3-18/h4-5,7-8,11-12,18,20,22,26,32,34H,2-3,6,9-10,13-16H2,1H3/t20-,22-,26+,27+,28-/m1/s1. The summed E-state index contributed by atoms with van der Waals surface area (Å²) in [6.45, 7) is 1.97. The largest absolute Gasteiger partial charge is 0.504 e. The summed E-state index contributed by atoms with van der Waals surface area (Å²) in [6, 6.07) is 7.38. The number of pyridine rings is 1. The van der Waals surface area contributed by atoms with Gasteiger partial charge in [-0.05, 0) is 80.3 Å². The molecule has 0 unspecified atom stereocenters. The molecule has 1 aromatic heterocycles. The molecule has 1 spiro atoms. The molecule has 2 saturated carbocycles. The van der Waals surface area contributed by atoms with Crippen molar-refractivity contribution in [1.82, 2.24) is 14.8 Å². The number of ether oxygens (including phenoxy) is 1. The lowest BCUT2D eigenvalue weighted by molar-refractivity contribution is -0.200. The van der Waals surface area contributed by atoms with Crippen LogP contribution in [0.25, 0.3) is 0 Å². The van der Waals surface area contributed by atoms with Gasteiger partial charge in [-0.2, -0.15) is 0 Å². The molecule has 3 aliphatic carbocycles. The third-order valence-electron chi connectivity index (χ3n) is 9.73. The summed E-state index contributed by atoms with van der Waals surface area (Å²) < 4.78 is 6.60. The van der Waals surface area contributed by atoms with E-state index in [-0.39, 0.29) is 29.8 Å². The van der Waals surface area contributed by atoms with E-state index in [9.17, 15) is 15.0 Å². The van der Waals surface area contributed by atoms with Crippen molar-refractivity contribution in [2.24, 2.45) is 5.92 Å². The highest BCUT2D eigenvalue weighted by molar-refractivity contribution is 5.79. The molecule has 1 aromatic carbocycles. The van der Waals surface area contributed by atoms with E-state index < -0.39 is 11.0 Å². The van der Waals surface area contributed by atoms with E-state index in [0.29, 0.717) is 25.0 Å². The Morgan fingerprint density at radius 3 is 2.77 bits per heavy atom. The summed E-state index contributed by atoms with van der Waals surface area (Å²) in [5.41, 5.74) is 1.59. The van der Waals surface area contributed by atoms with Crippen molar-refractivity contribution < 1.29 is 19.7 Å². The third-order valence-corrected chi connectivity index (χ3v) is 9.73. The quantitative estimate of drug-likeness (QED) is 0.691. The number of phenols is 1. The van der Waals surface area contributed by atoms with Crippen LogP contribution in [0, 0.1) is 5.92 Å². The van der Waals surface area contributed by atoms with Crippen LogP contribution < -0.4 is 4.74 Å². The Balaban J connectivity index is 1.28. The van der Waals surface area contributed by atoms with Crippen LogP contribution >= 0.6 is 0 Å². The van der Waals surface area contributed by atoms with Crippen molar-refractivity contribution in [2.45, 2.75) is 74.1 Å². The molecule has 2 aromatic rings. The summed E-state index contributed by atoms with van der Waals surface area (Å²) in [6.07, 6.45) is 8.81. The number of aromatic nitrogens is 1. The van der Waals surface area contributed by atoms with Gasteiger partial charge in [-0.25, -0.2) is 0 Å². The van der Waals surface area contributed by atoms with Crippen LogP contribution in [0.4, 0.5) is 0 Å². The lowest BCUT2D eigenvalue weighted by atomic mass is 9.48. The second kappa shape index (κ2) is 7.43. The van der Waals surface area contributed by atoms with E-state index in [1.807, 2.05) is 30.1 Å². The van der Waals surface area contributed by atoms with Gasteiger partial charge in [0.25, 0.3) is 0 Å². The molecular weight excluding hydrogens is 442 g/mol. The Kier molecular flexibility index (Phi) is 4.59. The SMILES string of the molecule is CN(C(=O)Cc1ccncc1)[C@@H]1CC[C@@]2(O)[C@H]3Cc4ccc(O)c5c4[C@@]2(CCN3CC2CC2)[C@H]1O5. The number of amides is 1. The van der Waals surface area contributed by atoms with E-state index in [0.717, 1.165) is 43.0 Å². The van der Waals surface area contributed by atoms with Gasteiger partial charge >= 0.3 is 0 Å². The first-order chi connectivity index (χ1) is 16.9. The molecule has 2 aliphatic heterocycles. The van der Waals surface area contributed by atoms with Crippen molar-refractivity contribution in [3.8, 4) is 11.5 Å². The maximum absolute atomic E-state index is 13.4. The fraction of sp³-hybridized carbons (Fsp3) is 0.571. The molecule has 5 aliphatic rings. The van der Waals surface area contributed by atoms with E-state index in [1.165, 1.54) is 18.4 Å². The number of rotatable bonds is 5. The number of aromatic hydroxyl groups is 1. The van der Waals surface area contributed by atoms with Gasteiger partial charge in [-0.1, -0.05) is 6.07 Å². The van der Waals surface area contributed by atoms with Crippen molar-refractivity contribution in [3.05, 3.63) is 53.3 Å². The lowest BCUT2D eigenvalue weighted by Gasteiger charge is -2.64. The average Bonchev–Trinajstić information content (AvgIpc) is 3.60. The summed E-state index contributed by atoms with van der Waals surface area (Å²) in [4.78, 5) is 21.8. The number of piperidine rings is 1. The van der Waals surface area contributed by atoms with E-state index in [4.69, 9.17) is 4.74 Å². The second-order valence-corrected chi connectivity index (χ2v) is 11.4. The van der Waals surface area contributed by atoms with Gasteiger partial charge in [0.05, 0.1) is 23.5 Å². The van der Waals surface area contributed by atoms with Crippen LogP contribution in [-0.4, -0.2) is 74.8 Å². The summed E-state index contributed by atoms with van der Waals surface area (Å²) in [5.74, 6) is 1.46. The van der Waals surface area contributed by atoms with Crippen LogP contribution in [-0.2, 0) is 23.1 Å². The number of carbonyl (C=O) groups is 1. The van der Waals surface area contributed by atoms with Gasteiger partial charge in [0, 0.05) is 37.6 Å². The van der Waals surface area contributed by atoms with Crippen LogP contribution in [0.15, 0.2) is 36.7 Å². The number of likely N-dealkylation sites (N-methyl/N-ethyl adjacent to an activating group) is 1. The van der Waals surface area contributed by atoms with Crippen molar-refractivity contribution in [1.29, 1.82) is 0 Å². The highest BCUT2D eigenvalue weighted by Gasteiger charge is 2.73. The van der Waals surface area contributed by atoms with Crippen molar-refractivity contribution in [3.63, 3.8) is 0 Å². The van der Waals surface area contributed by atoms with Crippen LogP contribution in [0.3, 0.4) is 0 Å². The minimum atomic E-state index is -0.928. The van der Waals surface area contributed by atoms with Gasteiger partial charge in [-0.3, -0.25) is 14.7 Å². The maximum Gasteiger partial charge on any atom is 0.227 e. The fourth-order valence-corrected chi connectivity index (χ4v) is 7.84. The molecule has 1 saturated heterocycles. The Morgan fingerprint density at radius 1 is 1.20 bits per heavy atom. The molecular formula is C28H33N3O4. The Hall–Kier alpha value is -2.64. The zero-order valence-corrected chi connectivity index (χ0v) is 20.2. The molecule has 7 rings (SSSR count). The maximum atomic E-state index is 13.4. The monoisotopic (exact) mass is 475 g/mol. The molecule has 3 heterocycles. The average molecular weight is 476 g/mol. The van der Waals surface area contributed by atoms with E-state index in [1.54, 1.807) is 18.5 Å².